The fourth-order valence-electron chi connectivity index (χ4n) is 2.03. The fourth-order valence-corrected chi connectivity index (χ4v) is 2.35. The van der Waals surface area contributed by atoms with Gasteiger partial charge in [-0.2, -0.15) is 0 Å². The third kappa shape index (κ3) is 2.94. The van der Waals surface area contributed by atoms with E-state index in [4.69, 9.17) is 16.3 Å². The number of halogens is 1. The predicted octanol–water partition coefficient (Wildman–Crippen LogP) is 3.61. The number of ketones is 1. The van der Waals surface area contributed by atoms with Crippen LogP contribution in [-0.2, 0) is 0 Å². The molecular formula is C16H15ClO3. The lowest BCUT2D eigenvalue weighted by Gasteiger charge is -2.14. The fraction of sp³-hybridized carbons (Fsp3) is 0.188. The van der Waals surface area contributed by atoms with Gasteiger partial charge in [0.2, 0.25) is 0 Å². The van der Waals surface area contributed by atoms with Crippen molar-refractivity contribution in [2.45, 2.75) is 5.92 Å². The molecule has 2 rings (SSSR count). The number of hydrogen-bond acceptors (Lipinski definition) is 3. The van der Waals surface area contributed by atoms with Crippen molar-refractivity contribution in [1.29, 1.82) is 0 Å². The van der Waals surface area contributed by atoms with Gasteiger partial charge in [-0.25, -0.2) is 0 Å². The number of phenolic OH excluding ortho intramolecular Hbond substituents is 1. The molecule has 0 saturated carbocycles. The third-order valence-electron chi connectivity index (χ3n) is 3.14. The molecule has 1 unspecified atom stereocenters. The first-order chi connectivity index (χ1) is 9.67. The Bertz CT molecular complexity index is 596. The van der Waals surface area contributed by atoms with Gasteiger partial charge >= 0.3 is 0 Å². The molecule has 1 N–H and O–H groups in total. The Balaban J connectivity index is 2.34. The Labute approximate surface area is 122 Å². The van der Waals surface area contributed by atoms with E-state index in [1.54, 1.807) is 12.1 Å². The average molecular weight is 291 g/mol. The van der Waals surface area contributed by atoms with E-state index in [1.165, 1.54) is 13.2 Å². The minimum Gasteiger partial charge on any atom is -0.507 e. The smallest absolute Gasteiger partial charge is 0.175 e. The number of hydrogen-bond donors (Lipinski definition) is 1. The van der Waals surface area contributed by atoms with Crippen molar-refractivity contribution in [3.63, 3.8) is 0 Å². The van der Waals surface area contributed by atoms with E-state index in [-0.39, 0.29) is 23.0 Å². The van der Waals surface area contributed by atoms with Crippen molar-refractivity contribution in [2.75, 3.05) is 13.0 Å². The highest BCUT2D eigenvalue weighted by atomic mass is 35.5. The maximum Gasteiger partial charge on any atom is 0.175 e. The van der Waals surface area contributed by atoms with Crippen LogP contribution < -0.4 is 4.74 Å². The number of Topliss-reactive ketones (excluding diaryl/α,β-unsaturated/α-hetero) is 1. The highest BCUT2D eigenvalue weighted by molar-refractivity contribution is 6.21. The van der Waals surface area contributed by atoms with E-state index < -0.39 is 5.92 Å². The van der Waals surface area contributed by atoms with Crippen molar-refractivity contribution in [3.8, 4) is 11.5 Å². The summed E-state index contributed by atoms with van der Waals surface area (Å²) in [5, 5.41) is 9.94. The topological polar surface area (TPSA) is 46.5 Å². The third-order valence-corrected chi connectivity index (χ3v) is 3.45. The molecule has 0 amide bonds. The molecule has 2 aromatic rings. The first kappa shape index (κ1) is 14.4. The van der Waals surface area contributed by atoms with E-state index in [1.807, 2.05) is 30.3 Å². The van der Waals surface area contributed by atoms with Gasteiger partial charge in [-0.05, 0) is 17.7 Å². The van der Waals surface area contributed by atoms with Gasteiger partial charge in [0, 0.05) is 11.9 Å². The summed E-state index contributed by atoms with van der Waals surface area (Å²) in [7, 11) is 1.50. The van der Waals surface area contributed by atoms with Crippen LogP contribution in [0, 0.1) is 0 Å². The summed E-state index contributed by atoms with van der Waals surface area (Å²) in [5.41, 5.74) is 1.09. The Morgan fingerprint density at radius 2 is 1.95 bits per heavy atom. The lowest BCUT2D eigenvalue weighted by molar-refractivity contribution is 0.0965. The average Bonchev–Trinajstić information content (AvgIpc) is 2.48. The number of methoxy groups -OCH3 is 1. The molecule has 0 aliphatic heterocycles. The lowest BCUT2D eigenvalue weighted by Crippen LogP contribution is -2.14. The summed E-state index contributed by atoms with van der Waals surface area (Å²) in [6.45, 7) is 0. The molecule has 0 saturated heterocycles. The molecule has 0 aliphatic carbocycles. The van der Waals surface area contributed by atoms with Crippen LogP contribution in [0.1, 0.15) is 21.8 Å². The van der Waals surface area contributed by atoms with Crippen molar-refractivity contribution in [3.05, 3.63) is 59.7 Å². The summed E-state index contributed by atoms with van der Waals surface area (Å²) in [5.74, 6) is -0.112. The van der Waals surface area contributed by atoms with Crippen LogP contribution in [0.5, 0.6) is 11.5 Å². The second-order valence-electron chi connectivity index (χ2n) is 4.36. The number of phenols is 1. The molecule has 0 heterocycles. The molecule has 20 heavy (non-hydrogen) atoms. The standard InChI is InChI=1S/C16H15ClO3/c1-20-12-7-8-13(15(18)9-12)16(19)14(10-17)11-5-3-2-4-6-11/h2-9,14,18H,10H2,1H3. The Morgan fingerprint density at radius 3 is 2.50 bits per heavy atom. The summed E-state index contributed by atoms with van der Waals surface area (Å²) >= 11 is 5.93. The minimum absolute atomic E-state index is 0.0969. The molecule has 3 nitrogen and oxygen atoms in total. The summed E-state index contributed by atoms with van der Waals surface area (Å²) in [4.78, 5) is 12.5. The summed E-state index contributed by atoms with van der Waals surface area (Å²) in [6, 6.07) is 13.9. The Morgan fingerprint density at radius 1 is 1.25 bits per heavy atom. The van der Waals surface area contributed by atoms with Gasteiger partial charge in [0.1, 0.15) is 11.5 Å². The monoisotopic (exact) mass is 290 g/mol. The van der Waals surface area contributed by atoms with Crippen LogP contribution in [0.3, 0.4) is 0 Å². The maximum atomic E-state index is 12.5. The quantitative estimate of drug-likeness (QED) is 0.676. The van der Waals surface area contributed by atoms with E-state index in [2.05, 4.69) is 0 Å². The van der Waals surface area contributed by atoms with Crippen LogP contribution in [0.2, 0.25) is 0 Å². The van der Waals surface area contributed by atoms with E-state index in [0.29, 0.717) is 5.75 Å². The highest BCUT2D eigenvalue weighted by Gasteiger charge is 2.23. The molecule has 0 radical (unpaired) electrons. The van der Waals surface area contributed by atoms with Crippen molar-refractivity contribution >= 4 is 17.4 Å². The molecule has 0 spiro atoms. The number of carbonyl (C=O) groups excluding carboxylic acids is 1. The molecule has 104 valence electrons. The highest BCUT2D eigenvalue weighted by Crippen LogP contribution is 2.29. The molecule has 0 fully saturated rings. The normalized spacial score (nSPS) is 11.9. The van der Waals surface area contributed by atoms with Gasteiger partial charge in [0.25, 0.3) is 0 Å². The van der Waals surface area contributed by atoms with Crippen LogP contribution in [0.4, 0.5) is 0 Å². The Hall–Kier alpha value is -2.00. The predicted molar refractivity (Wildman–Crippen MR) is 78.9 cm³/mol. The molecule has 4 heteroatoms. The van der Waals surface area contributed by atoms with E-state index in [9.17, 15) is 9.90 Å². The summed E-state index contributed by atoms with van der Waals surface area (Å²) < 4.78 is 5.00. The van der Waals surface area contributed by atoms with Gasteiger partial charge in [0.05, 0.1) is 18.6 Å². The molecule has 0 aromatic heterocycles. The molecule has 0 bridgehead atoms. The van der Waals surface area contributed by atoms with E-state index in [0.717, 1.165) is 5.56 Å². The summed E-state index contributed by atoms with van der Waals surface area (Å²) in [6.07, 6.45) is 0. The zero-order valence-electron chi connectivity index (χ0n) is 11.0. The number of aromatic hydroxyl groups is 1. The van der Waals surface area contributed by atoms with Gasteiger partial charge in [-0.1, -0.05) is 30.3 Å². The zero-order valence-corrected chi connectivity index (χ0v) is 11.8. The number of alkyl halides is 1. The number of rotatable bonds is 5. The number of benzene rings is 2. The second-order valence-corrected chi connectivity index (χ2v) is 4.67. The zero-order chi connectivity index (χ0) is 14.5. The number of carbonyl (C=O) groups is 1. The van der Waals surface area contributed by atoms with Gasteiger partial charge in [-0.15, -0.1) is 11.6 Å². The van der Waals surface area contributed by atoms with Gasteiger partial charge < -0.3 is 9.84 Å². The largest absolute Gasteiger partial charge is 0.507 e. The van der Waals surface area contributed by atoms with Crippen LogP contribution in [0.25, 0.3) is 0 Å². The van der Waals surface area contributed by atoms with Crippen LogP contribution >= 0.6 is 11.6 Å². The molecular weight excluding hydrogens is 276 g/mol. The first-order valence-corrected chi connectivity index (χ1v) is 6.73. The molecule has 2 aromatic carbocycles. The van der Waals surface area contributed by atoms with Crippen molar-refractivity contribution < 1.29 is 14.6 Å². The van der Waals surface area contributed by atoms with Crippen molar-refractivity contribution in [1.82, 2.24) is 0 Å². The van der Waals surface area contributed by atoms with Crippen LogP contribution in [0.15, 0.2) is 48.5 Å². The van der Waals surface area contributed by atoms with Crippen molar-refractivity contribution in [2.24, 2.45) is 0 Å². The number of ether oxygens (including phenoxy) is 1. The lowest BCUT2D eigenvalue weighted by atomic mass is 9.92. The first-order valence-electron chi connectivity index (χ1n) is 6.19. The molecule has 1 atom stereocenters. The Kier molecular flexibility index (Phi) is 4.64. The second kappa shape index (κ2) is 6.44. The van der Waals surface area contributed by atoms with E-state index >= 15 is 0 Å². The SMILES string of the molecule is COc1ccc(C(=O)C(CCl)c2ccccc2)c(O)c1. The van der Waals surface area contributed by atoms with Crippen LogP contribution in [-0.4, -0.2) is 23.9 Å². The van der Waals surface area contributed by atoms with Gasteiger partial charge in [-0.3, -0.25) is 4.79 Å². The maximum absolute atomic E-state index is 12.5. The minimum atomic E-state index is -0.475. The van der Waals surface area contributed by atoms with Gasteiger partial charge in [0.15, 0.2) is 5.78 Å². The molecule has 0 aliphatic rings.